The number of nitrogens with one attached hydrogen (secondary N) is 1. The van der Waals surface area contributed by atoms with Crippen molar-refractivity contribution in [3.63, 3.8) is 0 Å². The van der Waals surface area contributed by atoms with E-state index in [1.807, 2.05) is 0 Å². The lowest BCUT2D eigenvalue weighted by molar-refractivity contribution is 0.0996. The first-order chi connectivity index (χ1) is 9.47. The van der Waals surface area contributed by atoms with Crippen molar-refractivity contribution in [1.82, 2.24) is 0 Å². The second kappa shape index (κ2) is 5.71. The molecule has 6 heteroatoms. The summed E-state index contributed by atoms with van der Waals surface area (Å²) in [6.45, 7) is 0. The normalized spacial score (nSPS) is 10.1. The van der Waals surface area contributed by atoms with Crippen LogP contribution in [0.15, 0.2) is 42.5 Å². The molecule has 0 saturated heterocycles. The number of halogens is 2. The minimum absolute atomic E-state index is 0.00792. The molecule has 3 N–H and O–H groups in total. The molecule has 0 unspecified atom stereocenters. The number of rotatable bonds is 3. The molecule has 0 bridgehead atoms. The Balaban J connectivity index is 2.23. The number of nitrogens with two attached hydrogens (primary N) is 1. The van der Waals surface area contributed by atoms with Gasteiger partial charge in [-0.2, -0.15) is 0 Å². The lowest BCUT2D eigenvalue weighted by atomic mass is 10.1. The van der Waals surface area contributed by atoms with Gasteiger partial charge in [0.15, 0.2) is 0 Å². The molecule has 4 nitrogen and oxygen atoms in total. The highest BCUT2D eigenvalue weighted by molar-refractivity contribution is 6.34. The lowest BCUT2D eigenvalue weighted by Crippen LogP contribution is -2.14. The molecule has 0 heterocycles. The van der Waals surface area contributed by atoms with E-state index >= 15 is 0 Å². The molecule has 20 heavy (non-hydrogen) atoms. The lowest BCUT2D eigenvalue weighted by Gasteiger charge is -2.07. The number of benzene rings is 2. The van der Waals surface area contributed by atoms with Gasteiger partial charge >= 0.3 is 0 Å². The fraction of sp³-hybridized carbons (Fsp3) is 0. The van der Waals surface area contributed by atoms with Gasteiger partial charge in [-0.15, -0.1) is 0 Å². The van der Waals surface area contributed by atoms with Crippen LogP contribution in [0.25, 0.3) is 0 Å². The van der Waals surface area contributed by atoms with Gasteiger partial charge in [-0.05, 0) is 36.4 Å². The van der Waals surface area contributed by atoms with Crippen LogP contribution in [0.4, 0.5) is 10.1 Å². The summed E-state index contributed by atoms with van der Waals surface area (Å²) in [5.74, 6) is -1.63. The zero-order valence-corrected chi connectivity index (χ0v) is 10.9. The average molecular weight is 293 g/mol. The van der Waals surface area contributed by atoms with Gasteiger partial charge in [0.05, 0.1) is 10.6 Å². The number of carbonyl (C=O) groups excluding carboxylic acids is 2. The first-order valence-electron chi connectivity index (χ1n) is 5.63. The maximum atomic E-state index is 12.9. The second-order valence-corrected chi connectivity index (χ2v) is 4.43. The van der Waals surface area contributed by atoms with Crippen molar-refractivity contribution in [2.45, 2.75) is 0 Å². The smallest absolute Gasteiger partial charge is 0.257 e. The molecule has 102 valence electrons. The van der Waals surface area contributed by atoms with E-state index in [0.29, 0.717) is 5.69 Å². The van der Waals surface area contributed by atoms with Crippen LogP contribution in [0.5, 0.6) is 0 Å². The number of hydrogen-bond acceptors (Lipinski definition) is 2. The summed E-state index contributed by atoms with van der Waals surface area (Å²) in [6.07, 6.45) is 0. The Bertz CT molecular complexity index is 689. The third-order valence-electron chi connectivity index (χ3n) is 2.58. The van der Waals surface area contributed by atoms with Crippen LogP contribution in [-0.2, 0) is 0 Å². The van der Waals surface area contributed by atoms with Gasteiger partial charge in [0.2, 0.25) is 5.91 Å². The maximum absolute atomic E-state index is 12.9. The second-order valence-electron chi connectivity index (χ2n) is 4.02. The van der Waals surface area contributed by atoms with E-state index in [2.05, 4.69) is 5.32 Å². The van der Waals surface area contributed by atoms with Crippen molar-refractivity contribution in [1.29, 1.82) is 0 Å². The predicted octanol–water partition coefficient (Wildman–Crippen LogP) is 2.83. The summed E-state index contributed by atoms with van der Waals surface area (Å²) in [5, 5.41) is 2.57. The zero-order valence-electron chi connectivity index (χ0n) is 10.2. The van der Waals surface area contributed by atoms with E-state index in [-0.39, 0.29) is 16.1 Å². The van der Waals surface area contributed by atoms with Gasteiger partial charge in [0, 0.05) is 11.3 Å². The SMILES string of the molecule is NC(=O)c1cccc(NC(=O)c2ccc(F)cc2Cl)c1. The van der Waals surface area contributed by atoms with Crippen molar-refractivity contribution >= 4 is 29.1 Å². The minimum atomic E-state index is -0.596. The summed E-state index contributed by atoms with van der Waals surface area (Å²) >= 11 is 5.80. The Kier molecular flexibility index (Phi) is 4.00. The van der Waals surface area contributed by atoms with Crippen LogP contribution in [0, 0.1) is 5.82 Å². The topological polar surface area (TPSA) is 72.2 Å². The summed E-state index contributed by atoms with van der Waals surface area (Å²) in [5.41, 5.74) is 5.95. The van der Waals surface area contributed by atoms with Crippen LogP contribution in [0.2, 0.25) is 5.02 Å². The standard InChI is InChI=1S/C14H10ClFN2O2/c15-12-7-9(16)4-5-11(12)14(20)18-10-3-1-2-8(6-10)13(17)19/h1-7H,(H2,17,19)(H,18,20). The predicted molar refractivity (Wildman–Crippen MR) is 74.3 cm³/mol. The third kappa shape index (κ3) is 3.13. The van der Waals surface area contributed by atoms with Crippen molar-refractivity contribution in [2.24, 2.45) is 5.73 Å². The van der Waals surface area contributed by atoms with Crippen LogP contribution in [0.3, 0.4) is 0 Å². The molecule has 2 amide bonds. The quantitative estimate of drug-likeness (QED) is 0.913. The Morgan fingerprint density at radius 2 is 1.90 bits per heavy atom. The van der Waals surface area contributed by atoms with Crippen LogP contribution >= 0.6 is 11.6 Å². The summed E-state index contributed by atoms with van der Waals surface area (Å²) < 4.78 is 12.9. The van der Waals surface area contributed by atoms with Gasteiger partial charge in [-0.25, -0.2) is 4.39 Å². The highest BCUT2D eigenvalue weighted by Gasteiger charge is 2.12. The molecule has 0 atom stereocenters. The van der Waals surface area contributed by atoms with Crippen molar-refractivity contribution in [2.75, 3.05) is 5.32 Å². The Morgan fingerprint density at radius 1 is 1.15 bits per heavy atom. The highest BCUT2D eigenvalue weighted by Crippen LogP contribution is 2.19. The van der Waals surface area contributed by atoms with Crippen molar-refractivity contribution in [3.8, 4) is 0 Å². The molecule has 0 fully saturated rings. The fourth-order valence-electron chi connectivity index (χ4n) is 1.62. The molecule has 0 spiro atoms. The zero-order chi connectivity index (χ0) is 14.7. The molecular formula is C14H10ClFN2O2. The van der Waals surface area contributed by atoms with Gasteiger partial charge in [-0.1, -0.05) is 17.7 Å². The van der Waals surface area contributed by atoms with Gasteiger partial charge in [0.1, 0.15) is 5.82 Å². The number of amides is 2. The number of primary amides is 1. The number of anilines is 1. The monoisotopic (exact) mass is 292 g/mol. The number of carbonyl (C=O) groups is 2. The van der Waals surface area contributed by atoms with Gasteiger partial charge in [0.25, 0.3) is 5.91 Å². The van der Waals surface area contributed by atoms with Crippen molar-refractivity contribution in [3.05, 3.63) is 64.4 Å². The molecule has 2 rings (SSSR count). The Labute approximate surface area is 119 Å². The molecule has 2 aromatic rings. The average Bonchev–Trinajstić information content (AvgIpc) is 2.38. The van der Waals surface area contributed by atoms with Gasteiger partial charge in [-0.3, -0.25) is 9.59 Å². The Hall–Kier alpha value is -2.40. The molecule has 2 aromatic carbocycles. The van der Waals surface area contributed by atoms with Crippen LogP contribution in [0.1, 0.15) is 20.7 Å². The largest absolute Gasteiger partial charge is 0.366 e. The highest BCUT2D eigenvalue weighted by atomic mass is 35.5. The van der Waals surface area contributed by atoms with E-state index in [4.69, 9.17) is 17.3 Å². The molecule has 0 radical (unpaired) electrons. The van der Waals surface area contributed by atoms with Gasteiger partial charge < -0.3 is 11.1 Å². The third-order valence-corrected chi connectivity index (χ3v) is 2.89. The number of hydrogen-bond donors (Lipinski definition) is 2. The molecule has 0 aliphatic heterocycles. The minimum Gasteiger partial charge on any atom is -0.366 e. The molecular weight excluding hydrogens is 283 g/mol. The molecule has 0 aliphatic carbocycles. The van der Waals surface area contributed by atoms with E-state index in [0.717, 1.165) is 12.1 Å². The van der Waals surface area contributed by atoms with E-state index in [1.165, 1.54) is 18.2 Å². The Morgan fingerprint density at radius 3 is 2.55 bits per heavy atom. The maximum Gasteiger partial charge on any atom is 0.257 e. The first kappa shape index (κ1) is 14.0. The van der Waals surface area contributed by atoms with E-state index < -0.39 is 17.6 Å². The van der Waals surface area contributed by atoms with E-state index in [1.54, 1.807) is 12.1 Å². The van der Waals surface area contributed by atoms with E-state index in [9.17, 15) is 14.0 Å². The summed E-state index contributed by atoms with van der Waals surface area (Å²) in [7, 11) is 0. The molecule has 0 aromatic heterocycles. The fourth-order valence-corrected chi connectivity index (χ4v) is 1.88. The van der Waals surface area contributed by atoms with Crippen LogP contribution < -0.4 is 11.1 Å². The van der Waals surface area contributed by atoms with Crippen molar-refractivity contribution < 1.29 is 14.0 Å². The first-order valence-corrected chi connectivity index (χ1v) is 6.01. The summed E-state index contributed by atoms with van der Waals surface area (Å²) in [4.78, 5) is 23.0. The molecule has 0 saturated carbocycles. The summed E-state index contributed by atoms with van der Waals surface area (Å²) in [6, 6.07) is 9.63. The van der Waals surface area contributed by atoms with Crippen LogP contribution in [-0.4, -0.2) is 11.8 Å². The molecule has 0 aliphatic rings.